The molecule has 0 unspecified atom stereocenters. The van der Waals surface area contributed by atoms with Crippen LogP contribution < -0.4 is 0 Å². The summed E-state index contributed by atoms with van der Waals surface area (Å²) in [5.41, 5.74) is 3.08. The fraction of sp³-hybridized carbons (Fsp3) is 0.333. The van der Waals surface area contributed by atoms with Gasteiger partial charge in [-0.05, 0) is 24.6 Å². The average molecular weight is 354 g/mol. The molecule has 0 radical (unpaired) electrons. The van der Waals surface area contributed by atoms with Crippen molar-refractivity contribution in [3.63, 3.8) is 0 Å². The minimum absolute atomic E-state index is 0.0805. The Morgan fingerprint density at radius 3 is 2.81 bits per heavy atom. The third-order valence-electron chi connectivity index (χ3n) is 4.54. The molecule has 3 heterocycles. The van der Waals surface area contributed by atoms with Gasteiger partial charge in [-0.2, -0.15) is 10.2 Å². The van der Waals surface area contributed by atoms with Crippen molar-refractivity contribution in [2.45, 2.75) is 39.4 Å². The third kappa shape index (κ3) is 3.35. The first-order valence-corrected chi connectivity index (χ1v) is 8.52. The molecule has 0 atom stereocenters. The molecule has 0 saturated heterocycles. The highest BCUT2D eigenvalue weighted by molar-refractivity contribution is 5.77. The molecule has 0 saturated carbocycles. The topological polar surface area (TPSA) is 79.7 Å². The number of rotatable bonds is 5. The second-order valence-corrected chi connectivity index (χ2v) is 6.49. The number of benzene rings is 1. The van der Waals surface area contributed by atoms with Crippen LogP contribution in [-0.4, -0.2) is 35.8 Å². The maximum absolute atomic E-state index is 13.0. The molecule has 1 aliphatic rings. The molecule has 0 fully saturated rings. The summed E-state index contributed by atoms with van der Waals surface area (Å²) >= 11 is 0. The number of hydrogen-bond donors (Lipinski definition) is 1. The van der Waals surface area contributed by atoms with Crippen LogP contribution in [-0.2, 0) is 30.8 Å². The predicted molar refractivity (Wildman–Crippen MR) is 91.4 cm³/mol. The van der Waals surface area contributed by atoms with Gasteiger partial charge in [0.05, 0.1) is 25.0 Å². The highest BCUT2D eigenvalue weighted by atomic mass is 19.1. The van der Waals surface area contributed by atoms with Crippen LogP contribution in [0.25, 0.3) is 0 Å². The minimum atomic E-state index is -0.252. The standard InChI is InChI=1S/C18H19FN6O/c1-12-21-17(23-22-12)6-7-18(26)24-10-14-8-20-25(16(14)11-24)9-13-2-4-15(19)5-3-13/h2-5,8H,6-7,9-11H2,1H3,(H,21,22,23). The van der Waals surface area contributed by atoms with Gasteiger partial charge in [0.1, 0.15) is 11.6 Å². The van der Waals surface area contributed by atoms with Crippen LogP contribution in [0.1, 0.15) is 34.9 Å². The van der Waals surface area contributed by atoms with E-state index in [0.717, 1.165) is 22.6 Å². The zero-order valence-electron chi connectivity index (χ0n) is 14.4. The van der Waals surface area contributed by atoms with E-state index in [9.17, 15) is 9.18 Å². The maximum Gasteiger partial charge on any atom is 0.223 e. The lowest BCUT2D eigenvalue weighted by atomic mass is 10.2. The summed E-state index contributed by atoms with van der Waals surface area (Å²) in [5, 5.41) is 11.3. The Bertz CT molecular complexity index is 930. The van der Waals surface area contributed by atoms with Gasteiger partial charge in [-0.1, -0.05) is 12.1 Å². The Labute approximate surface area is 149 Å². The monoisotopic (exact) mass is 354 g/mol. The summed E-state index contributed by atoms with van der Waals surface area (Å²) < 4.78 is 14.9. The number of aromatic nitrogens is 5. The molecule has 2 aromatic heterocycles. The molecule has 0 aliphatic carbocycles. The largest absolute Gasteiger partial charge is 0.332 e. The first-order valence-electron chi connectivity index (χ1n) is 8.52. The molecule has 8 heteroatoms. The molecule has 1 aliphatic heterocycles. The number of H-pyrrole nitrogens is 1. The Hall–Kier alpha value is -3.03. The molecule has 1 amide bonds. The molecule has 1 N–H and O–H groups in total. The van der Waals surface area contributed by atoms with Gasteiger partial charge in [0.25, 0.3) is 0 Å². The van der Waals surface area contributed by atoms with Crippen molar-refractivity contribution in [2.75, 3.05) is 0 Å². The van der Waals surface area contributed by atoms with Crippen molar-refractivity contribution in [3.05, 3.63) is 64.7 Å². The number of nitrogens with zero attached hydrogens (tertiary/aromatic N) is 5. The van der Waals surface area contributed by atoms with Crippen LogP contribution in [0, 0.1) is 12.7 Å². The first kappa shape index (κ1) is 16.4. The molecule has 3 aromatic rings. The number of carbonyl (C=O) groups excluding carboxylic acids is 1. The summed E-state index contributed by atoms with van der Waals surface area (Å²) in [6.45, 7) is 3.52. The van der Waals surface area contributed by atoms with Crippen LogP contribution in [0.3, 0.4) is 0 Å². The SMILES string of the molecule is Cc1nc(CCC(=O)N2Cc3cnn(Cc4ccc(F)cc4)c3C2)n[nH]1. The maximum atomic E-state index is 13.0. The summed E-state index contributed by atoms with van der Waals surface area (Å²) in [6.07, 6.45) is 2.72. The highest BCUT2D eigenvalue weighted by Gasteiger charge is 2.27. The van der Waals surface area contributed by atoms with E-state index in [2.05, 4.69) is 20.3 Å². The summed E-state index contributed by atoms with van der Waals surface area (Å²) in [6, 6.07) is 6.39. The van der Waals surface area contributed by atoms with Gasteiger partial charge in [-0.25, -0.2) is 9.37 Å². The van der Waals surface area contributed by atoms with E-state index in [-0.39, 0.29) is 11.7 Å². The zero-order valence-corrected chi connectivity index (χ0v) is 14.4. The number of hydrogen-bond acceptors (Lipinski definition) is 4. The molecule has 7 nitrogen and oxygen atoms in total. The average Bonchev–Trinajstić information content (AvgIpc) is 3.32. The van der Waals surface area contributed by atoms with Crippen molar-refractivity contribution in [3.8, 4) is 0 Å². The van der Waals surface area contributed by atoms with E-state index in [1.165, 1.54) is 12.1 Å². The fourth-order valence-electron chi connectivity index (χ4n) is 3.16. The second-order valence-electron chi connectivity index (χ2n) is 6.49. The molecule has 0 bridgehead atoms. The lowest BCUT2D eigenvalue weighted by Crippen LogP contribution is -2.26. The molecule has 4 rings (SSSR count). The Kier molecular flexibility index (Phi) is 4.24. The van der Waals surface area contributed by atoms with E-state index >= 15 is 0 Å². The minimum Gasteiger partial charge on any atom is -0.332 e. The smallest absolute Gasteiger partial charge is 0.223 e. The van der Waals surface area contributed by atoms with Crippen LogP contribution in [0.4, 0.5) is 4.39 Å². The molecular weight excluding hydrogens is 335 g/mol. The van der Waals surface area contributed by atoms with Gasteiger partial charge in [-0.3, -0.25) is 14.6 Å². The number of nitrogens with one attached hydrogen (secondary N) is 1. The molecule has 134 valence electrons. The number of aryl methyl sites for hydroxylation is 2. The third-order valence-corrected chi connectivity index (χ3v) is 4.54. The summed E-state index contributed by atoms with van der Waals surface area (Å²) in [7, 11) is 0. The quantitative estimate of drug-likeness (QED) is 0.760. The van der Waals surface area contributed by atoms with Gasteiger partial charge in [0.15, 0.2) is 5.82 Å². The molecule has 0 spiro atoms. The number of aromatic amines is 1. The Morgan fingerprint density at radius 1 is 1.27 bits per heavy atom. The molecular formula is C18H19FN6O. The summed E-state index contributed by atoms with van der Waals surface area (Å²) in [5.74, 6) is 1.24. The molecule has 1 aromatic carbocycles. The predicted octanol–water partition coefficient (Wildman–Crippen LogP) is 1.97. The zero-order chi connectivity index (χ0) is 18.1. The number of fused-ring (bicyclic) bond motifs is 1. The van der Waals surface area contributed by atoms with Crippen molar-refractivity contribution in [1.82, 2.24) is 29.9 Å². The fourth-order valence-corrected chi connectivity index (χ4v) is 3.16. The van der Waals surface area contributed by atoms with Gasteiger partial charge in [-0.15, -0.1) is 0 Å². The second kappa shape index (κ2) is 6.70. The van der Waals surface area contributed by atoms with E-state index in [1.807, 2.05) is 22.7 Å². The van der Waals surface area contributed by atoms with Crippen molar-refractivity contribution >= 4 is 5.91 Å². The van der Waals surface area contributed by atoms with Crippen LogP contribution in [0.15, 0.2) is 30.5 Å². The van der Waals surface area contributed by atoms with E-state index in [4.69, 9.17) is 0 Å². The van der Waals surface area contributed by atoms with Crippen LogP contribution in [0.5, 0.6) is 0 Å². The Morgan fingerprint density at radius 2 is 2.08 bits per heavy atom. The summed E-state index contributed by atoms with van der Waals surface area (Å²) in [4.78, 5) is 18.5. The van der Waals surface area contributed by atoms with Gasteiger partial charge in [0, 0.05) is 24.9 Å². The number of amides is 1. The number of carbonyl (C=O) groups is 1. The van der Waals surface area contributed by atoms with Crippen molar-refractivity contribution in [1.29, 1.82) is 0 Å². The number of halogens is 1. The Balaban J connectivity index is 1.38. The van der Waals surface area contributed by atoms with Crippen LogP contribution in [0.2, 0.25) is 0 Å². The van der Waals surface area contributed by atoms with E-state index < -0.39 is 0 Å². The lowest BCUT2D eigenvalue weighted by molar-refractivity contribution is -0.131. The van der Waals surface area contributed by atoms with E-state index in [1.54, 1.807) is 12.1 Å². The normalized spacial score (nSPS) is 13.2. The van der Waals surface area contributed by atoms with Crippen LogP contribution >= 0.6 is 0 Å². The van der Waals surface area contributed by atoms with Crippen molar-refractivity contribution in [2.24, 2.45) is 0 Å². The lowest BCUT2D eigenvalue weighted by Gasteiger charge is -2.16. The highest BCUT2D eigenvalue weighted by Crippen LogP contribution is 2.24. The van der Waals surface area contributed by atoms with E-state index in [0.29, 0.717) is 38.3 Å². The van der Waals surface area contributed by atoms with Crippen molar-refractivity contribution < 1.29 is 9.18 Å². The molecule has 26 heavy (non-hydrogen) atoms. The van der Waals surface area contributed by atoms with Gasteiger partial charge < -0.3 is 4.90 Å². The van der Waals surface area contributed by atoms with Gasteiger partial charge in [0.2, 0.25) is 5.91 Å². The first-order chi connectivity index (χ1) is 12.6. The van der Waals surface area contributed by atoms with Gasteiger partial charge >= 0.3 is 0 Å².